The van der Waals surface area contributed by atoms with Crippen molar-refractivity contribution in [1.82, 2.24) is 10.6 Å². The van der Waals surface area contributed by atoms with Gasteiger partial charge in [0.1, 0.15) is 0 Å². The Bertz CT molecular complexity index is 428. The summed E-state index contributed by atoms with van der Waals surface area (Å²) in [5.41, 5.74) is 6.26. The Morgan fingerprint density at radius 1 is 1.59 bits per heavy atom. The highest BCUT2D eigenvalue weighted by Gasteiger charge is 2.05. The van der Waals surface area contributed by atoms with Crippen LogP contribution in [0, 0.1) is 11.8 Å². The maximum Gasteiger partial charge on any atom is 0.315 e. The minimum Gasteiger partial charge on any atom is -0.336 e. The molecule has 0 atom stereocenters. The fraction of sp³-hybridized carbons (Fsp3) is 0.417. The van der Waals surface area contributed by atoms with Gasteiger partial charge in [0.05, 0.1) is 13.1 Å². The van der Waals surface area contributed by atoms with Gasteiger partial charge < -0.3 is 16.4 Å². The fourth-order valence-corrected chi connectivity index (χ4v) is 1.98. The molecule has 2 amide bonds. The number of hydrogen-bond acceptors (Lipinski definition) is 3. The van der Waals surface area contributed by atoms with Gasteiger partial charge in [-0.2, -0.15) is 0 Å². The Hall–Kier alpha value is -1.51. The molecule has 1 aromatic heterocycles. The van der Waals surface area contributed by atoms with Gasteiger partial charge in [0, 0.05) is 16.5 Å². The van der Waals surface area contributed by atoms with E-state index in [1.54, 1.807) is 11.3 Å². The van der Waals surface area contributed by atoms with E-state index in [0.29, 0.717) is 13.1 Å². The molecule has 0 saturated heterocycles. The third-order valence-electron chi connectivity index (χ3n) is 1.90. The summed E-state index contributed by atoms with van der Waals surface area (Å²) in [6.45, 7) is 4.67. The van der Waals surface area contributed by atoms with Gasteiger partial charge in [-0.25, -0.2) is 4.79 Å². The van der Waals surface area contributed by atoms with E-state index in [-0.39, 0.29) is 12.1 Å². The number of nitrogens with one attached hydrogen (secondary N) is 2. The summed E-state index contributed by atoms with van der Waals surface area (Å²) < 4.78 is 0. The first-order valence-electron chi connectivity index (χ1n) is 5.43. The van der Waals surface area contributed by atoms with Crippen LogP contribution in [0.3, 0.4) is 0 Å². The highest BCUT2D eigenvalue weighted by atomic mass is 32.1. The van der Waals surface area contributed by atoms with E-state index in [0.717, 1.165) is 10.4 Å². The standard InChI is InChI=1S/C12H17N3OS/c1-9(2)15-12(16)14-8-11-10(4-3-6-13)5-7-17-11/h5,7,9H,6,8,13H2,1-2H3,(H2,14,15,16). The maximum atomic E-state index is 11.4. The van der Waals surface area contributed by atoms with Crippen LogP contribution in [0.2, 0.25) is 0 Å². The summed E-state index contributed by atoms with van der Waals surface area (Å²) in [5, 5.41) is 7.52. The average Bonchev–Trinajstić information content (AvgIpc) is 2.70. The number of thiophene rings is 1. The Morgan fingerprint density at radius 3 is 3.00 bits per heavy atom. The van der Waals surface area contributed by atoms with Crippen molar-refractivity contribution in [2.45, 2.75) is 26.4 Å². The van der Waals surface area contributed by atoms with Crippen molar-refractivity contribution in [3.8, 4) is 11.8 Å². The van der Waals surface area contributed by atoms with E-state index in [1.807, 2.05) is 25.3 Å². The van der Waals surface area contributed by atoms with Gasteiger partial charge in [-0.05, 0) is 25.3 Å². The first-order valence-corrected chi connectivity index (χ1v) is 6.31. The number of nitrogens with two attached hydrogens (primary N) is 1. The van der Waals surface area contributed by atoms with Gasteiger partial charge in [-0.1, -0.05) is 11.8 Å². The lowest BCUT2D eigenvalue weighted by molar-refractivity contribution is 0.238. The van der Waals surface area contributed by atoms with E-state index in [9.17, 15) is 4.79 Å². The van der Waals surface area contributed by atoms with E-state index in [4.69, 9.17) is 5.73 Å². The zero-order valence-electron chi connectivity index (χ0n) is 10.0. The Morgan fingerprint density at radius 2 is 2.35 bits per heavy atom. The Balaban J connectivity index is 2.52. The molecular weight excluding hydrogens is 234 g/mol. The highest BCUT2D eigenvalue weighted by molar-refractivity contribution is 7.10. The summed E-state index contributed by atoms with van der Waals surface area (Å²) in [6.07, 6.45) is 0. The molecule has 0 aliphatic heterocycles. The van der Waals surface area contributed by atoms with Crippen molar-refractivity contribution in [1.29, 1.82) is 0 Å². The fourth-order valence-electron chi connectivity index (χ4n) is 1.21. The molecule has 0 unspecified atom stereocenters. The van der Waals surface area contributed by atoms with Gasteiger partial charge >= 0.3 is 6.03 Å². The smallest absolute Gasteiger partial charge is 0.315 e. The molecule has 0 spiro atoms. The van der Waals surface area contributed by atoms with Crippen molar-refractivity contribution in [2.75, 3.05) is 6.54 Å². The summed E-state index contributed by atoms with van der Waals surface area (Å²) >= 11 is 1.58. The zero-order chi connectivity index (χ0) is 12.7. The predicted molar refractivity (Wildman–Crippen MR) is 70.8 cm³/mol. The van der Waals surface area contributed by atoms with Crippen LogP contribution < -0.4 is 16.4 Å². The van der Waals surface area contributed by atoms with Gasteiger partial charge in [0.25, 0.3) is 0 Å². The zero-order valence-corrected chi connectivity index (χ0v) is 10.9. The van der Waals surface area contributed by atoms with E-state index < -0.39 is 0 Å². The van der Waals surface area contributed by atoms with Crippen LogP contribution in [-0.4, -0.2) is 18.6 Å². The number of urea groups is 1. The lowest BCUT2D eigenvalue weighted by atomic mass is 10.2. The van der Waals surface area contributed by atoms with Crippen LogP contribution in [0.4, 0.5) is 4.79 Å². The van der Waals surface area contributed by atoms with Gasteiger partial charge in [0.2, 0.25) is 0 Å². The molecule has 0 saturated carbocycles. The van der Waals surface area contributed by atoms with Gasteiger partial charge in [0.15, 0.2) is 0 Å². The second-order valence-corrected chi connectivity index (χ2v) is 4.75. The molecule has 4 N–H and O–H groups in total. The van der Waals surface area contributed by atoms with Crippen molar-refractivity contribution in [3.63, 3.8) is 0 Å². The van der Waals surface area contributed by atoms with Crippen LogP contribution >= 0.6 is 11.3 Å². The monoisotopic (exact) mass is 251 g/mol. The quantitative estimate of drug-likeness (QED) is 0.708. The molecule has 4 nitrogen and oxygen atoms in total. The normalized spacial score (nSPS) is 9.65. The molecule has 0 aromatic carbocycles. The second-order valence-electron chi connectivity index (χ2n) is 3.75. The van der Waals surface area contributed by atoms with Gasteiger partial charge in [-0.3, -0.25) is 0 Å². The molecule has 17 heavy (non-hydrogen) atoms. The third-order valence-corrected chi connectivity index (χ3v) is 2.82. The molecule has 1 heterocycles. The summed E-state index contributed by atoms with van der Waals surface area (Å²) in [4.78, 5) is 12.4. The number of carbonyl (C=O) groups excluding carboxylic acids is 1. The Kier molecular flexibility index (Phi) is 5.53. The minimum absolute atomic E-state index is 0.134. The number of amides is 2. The highest BCUT2D eigenvalue weighted by Crippen LogP contribution is 2.15. The number of carbonyl (C=O) groups is 1. The molecular formula is C12H17N3OS. The van der Waals surface area contributed by atoms with Crippen molar-refractivity contribution in [3.05, 3.63) is 21.9 Å². The van der Waals surface area contributed by atoms with Crippen LogP contribution in [0.1, 0.15) is 24.3 Å². The van der Waals surface area contributed by atoms with Crippen LogP contribution in [-0.2, 0) is 6.54 Å². The molecule has 0 radical (unpaired) electrons. The third kappa shape index (κ3) is 4.89. The molecule has 0 aliphatic carbocycles. The van der Waals surface area contributed by atoms with Gasteiger partial charge in [-0.15, -0.1) is 11.3 Å². The average molecular weight is 251 g/mol. The van der Waals surface area contributed by atoms with Crippen molar-refractivity contribution in [2.24, 2.45) is 5.73 Å². The first kappa shape index (κ1) is 13.6. The Labute approximate surface area is 106 Å². The van der Waals surface area contributed by atoms with E-state index >= 15 is 0 Å². The van der Waals surface area contributed by atoms with Crippen molar-refractivity contribution >= 4 is 17.4 Å². The lowest BCUT2D eigenvalue weighted by Crippen LogP contribution is -2.38. The van der Waals surface area contributed by atoms with E-state index in [2.05, 4.69) is 22.5 Å². The molecule has 0 bridgehead atoms. The molecule has 0 aliphatic rings. The SMILES string of the molecule is CC(C)NC(=O)NCc1sccc1C#CCN. The lowest BCUT2D eigenvalue weighted by Gasteiger charge is -2.09. The van der Waals surface area contributed by atoms with Crippen LogP contribution in [0.15, 0.2) is 11.4 Å². The molecule has 0 fully saturated rings. The summed E-state index contributed by atoms with van der Waals surface area (Å²) in [5.74, 6) is 5.79. The van der Waals surface area contributed by atoms with Crippen molar-refractivity contribution < 1.29 is 4.79 Å². The molecule has 1 aromatic rings. The van der Waals surface area contributed by atoms with Crippen LogP contribution in [0.25, 0.3) is 0 Å². The maximum absolute atomic E-state index is 11.4. The first-order chi connectivity index (χ1) is 8.13. The van der Waals surface area contributed by atoms with E-state index in [1.165, 1.54) is 0 Å². The largest absolute Gasteiger partial charge is 0.336 e. The summed E-state index contributed by atoms with van der Waals surface area (Å²) in [7, 11) is 0. The minimum atomic E-state index is -0.161. The molecule has 92 valence electrons. The number of hydrogen-bond donors (Lipinski definition) is 3. The summed E-state index contributed by atoms with van der Waals surface area (Å²) in [6, 6.07) is 1.91. The molecule has 5 heteroatoms. The predicted octanol–water partition coefficient (Wildman–Crippen LogP) is 1.27. The molecule has 1 rings (SSSR count). The topological polar surface area (TPSA) is 67.2 Å². The number of rotatable bonds is 3. The second kappa shape index (κ2) is 6.94. The van der Waals surface area contributed by atoms with Crippen LogP contribution in [0.5, 0.6) is 0 Å².